The highest BCUT2D eigenvalue weighted by atomic mass is 32.2. The van der Waals surface area contributed by atoms with E-state index in [9.17, 15) is 14.0 Å². The van der Waals surface area contributed by atoms with E-state index in [4.69, 9.17) is 9.73 Å². The fourth-order valence-electron chi connectivity index (χ4n) is 4.48. The number of amides is 2. The maximum absolute atomic E-state index is 13.7. The highest BCUT2D eigenvalue weighted by molar-refractivity contribution is 8.16. The lowest BCUT2D eigenvalue weighted by molar-refractivity contribution is -0.127. The van der Waals surface area contributed by atoms with E-state index in [1.165, 1.54) is 23.9 Å². The van der Waals surface area contributed by atoms with E-state index in [1.807, 2.05) is 55.3 Å². The first-order valence-electron chi connectivity index (χ1n) is 12.2. The lowest BCUT2D eigenvalue weighted by Gasteiger charge is -2.38. The summed E-state index contributed by atoms with van der Waals surface area (Å²) in [6.07, 6.45) is 0.111. The smallest absolute Gasteiger partial charge is 0.254 e. The Morgan fingerprint density at radius 1 is 1.16 bits per heavy atom. The summed E-state index contributed by atoms with van der Waals surface area (Å²) in [5.74, 6) is 0.116. The second-order valence-corrected chi connectivity index (χ2v) is 9.56. The van der Waals surface area contributed by atoms with Crippen molar-refractivity contribution in [2.45, 2.75) is 39.8 Å². The number of rotatable bonds is 9. The largest absolute Gasteiger partial charge is 0.497 e. The van der Waals surface area contributed by atoms with Crippen LogP contribution in [0.1, 0.15) is 44.4 Å². The number of amidine groups is 1. The van der Waals surface area contributed by atoms with Gasteiger partial charge in [0, 0.05) is 25.3 Å². The molecule has 0 aromatic heterocycles. The van der Waals surface area contributed by atoms with Crippen LogP contribution in [0.5, 0.6) is 5.75 Å². The third-order valence-corrected chi connectivity index (χ3v) is 7.32. The molecule has 194 valence electrons. The highest BCUT2D eigenvalue weighted by Gasteiger charge is 2.41. The zero-order valence-electron chi connectivity index (χ0n) is 21.5. The number of carbonyl (C=O) groups excluding carboxylic acids is 2. The van der Waals surface area contributed by atoms with Gasteiger partial charge in [0.05, 0.1) is 30.8 Å². The molecule has 2 amide bonds. The second kappa shape index (κ2) is 11.6. The molecule has 0 saturated carbocycles. The zero-order valence-corrected chi connectivity index (χ0v) is 22.3. The van der Waals surface area contributed by atoms with Crippen LogP contribution in [0.3, 0.4) is 0 Å². The second-order valence-electron chi connectivity index (χ2n) is 8.73. The summed E-state index contributed by atoms with van der Waals surface area (Å²) in [6, 6.07) is 13.2. The third-order valence-electron chi connectivity index (χ3n) is 6.44. The van der Waals surface area contributed by atoms with Crippen LogP contribution in [0.2, 0.25) is 0 Å². The van der Waals surface area contributed by atoms with Gasteiger partial charge >= 0.3 is 0 Å². The first-order chi connectivity index (χ1) is 17.9. The first kappa shape index (κ1) is 26.5. The van der Waals surface area contributed by atoms with Crippen LogP contribution >= 0.6 is 11.8 Å². The van der Waals surface area contributed by atoms with Gasteiger partial charge in [0.2, 0.25) is 5.91 Å². The Labute approximate surface area is 221 Å². The molecule has 2 aromatic carbocycles. The van der Waals surface area contributed by atoms with Gasteiger partial charge in [-0.1, -0.05) is 36.0 Å². The predicted octanol–water partition coefficient (Wildman–Crippen LogP) is 4.98. The molecular weight excluding hydrogens is 491 g/mol. The molecule has 0 bridgehead atoms. The molecule has 0 unspecified atom stereocenters. The number of hydrogen-bond acceptors (Lipinski definition) is 6. The number of fused-ring (bicyclic) bond motifs is 1. The molecule has 37 heavy (non-hydrogen) atoms. The van der Waals surface area contributed by atoms with Crippen LogP contribution in [0.15, 0.2) is 75.9 Å². The van der Waals surface area contributed by atoms with E-state index in [0.717, 1.165) is 22.0 Å². The summed E-state index contributed by atoms with van der Waals surface area (Å²) in [6.45, 7) is 7.23. The van der Waals surface area contributed by atoms with E-state index >= 15 is 0 Å². The average molecular weight is 523 g/mol. The lowest BCUT2D eigenvalue weighted by Crippen LogP contribution is -2.42. The maximum Gasteiger partial charge on any atom is 0.254 e. The Kier molecular flexibility index (Phi) is 8.33. The lowest BCUT2D eigenvalue weighted by atomic mass is 9.92. The van der Waals surface area contributed by atoms with Gasteiger partial charge in [-0.05, 0) is 61.6 Å². The molecule has 2 aliphatic rings. The molecule has 2 aromatic rings. The SMILES string of the molecule is CCN(CC)C(=O)C1=C(C)N=C2SC=C(CC(=O)NCc3ccc(F)cc3)N2[C@H]1c1cccc(OC)c1. The van der Waals surface area contributed by atoms with Crippen LogP contribution in [0.4, 0.5) is 4.39 Å². The van der Waals surface area contributed by atoms with E-state index in [2.05, 4.69) is 5.32 Å². The number of thioether (sulfide) groups is 1. The fourth-order valence-corrected chi connectivity index (χ4v) is 5.45. The Morgan fingerprint density at radius 2 is 1.89 bits per heavy atom. The minimum absolute atomic E-state index is 0.0740. The Morgan fingerprint density at radius 3 is 2.57 bits per heavy atom. The molecule has 1 atom stereocenters. The van der Waals surface area contributed by atoms with Gasteiger partial charge in [-0.25, -0.2) is 9.38 Å². The van der Waals surface area contributed by atoms with Crippen molar-refractivity contribution in [3.8, 4) is 5.75 Å². The molecule has 0 fully saturated rings. The van der Waals surface area contributed by atoms with Gasteiger partial charge in [-0.2, -0.15) is 0 Å². The molecule has 2 aliphatic heterocycles. The molecule has 0 radical (unpaired) electrons. The van der Waals surface area contributed by atoms with Gasteiger partial charge in [-0.3, -0.25) is 9.59 Å². The number of benzene rings is 2. The minimum atomic E-state index is -0.457. The van der Waals surface area contributed by atoms with Crippen LogP contribution in [-0.4, -0.2) is 47.0 Å². The summed E-state index contributed by atoms with van der Waals surface area (Å²) >= 11 is 1.44. The number of hydrogen-bond donors (Lipinski definition) is 1. The van der Waals surface area contributed by atoms with Gasteiger partial charge in [0.25, 0.3) is 5.91 Å². The van der Waals surface area contributed by atoms with E-state index < -0.39 is 6.04 Å². The van der Waals surface area contributed by atoms with Crippen molar-refractivity contribution in [2.24, 2.45) is 4.99 Å². The summed E-state index contributed by atoms with van der Waals surface area (Å²) in [5, 5.41) is 5.55. The third kappa shape index (κ3) is 5.72. The maximum atomic E-state index is 13.7. The van der Waals surface area contributed by atoms with Crippen molar-refractivity contribution in [3.63, 3.8) is 0 Å². The fraction of sp³-hybridized carbons (Fsp3) is 0.321. The van der Waals surface area contributed by atoms with Crippen molar-refractivity contribution in [1.29, 1.82) is 0 Å². The number of halogens is 1. The summed E-state index contributed by atoms with van der Waals surface area (Å²) in [5.41, 5.74) is 3.69. The molecule has 7 nitrogen and oxygen atoms in total. The zero-order chi connectivity index (χ0) is 26.5. The van der Waals surface area contributed by atoms with Crippen molar-refractivity contribution in [2.75, 3.05) is 20.2 Å². The highest BCUT2D eigenvalue weighted by Crippen LogP contribution is 2.45. The summed E-state index contributed by atoms with van der Waals surface area (Å²) < 4.78 is 18.7. The standard InChI is InChI=1S/C28H31FN4O3S/c1-5-32(6-2)27(35)25-18(3)31-28-33(26(25)20-8-7-9-23(14-20)36-4)22(17-37-28)15-24(34)30-16-19-10-12-21(29)13-11-19/h7-14,17,26H,5-6,15-16H2,1-4H3,(H,30,34)/t26-/m0/s1. The Bertz CT molecular complexity index is 1270. The van der Waals surface area contributed by atoms with E-state index in [-0.39, 0.29) is 24.1 Å². The molecule has 4 rings (SSSR count). The van der Waals surface area contributed by atoms with Crippen LogP contribution < -0.4 is 10.1 Å². The van der Waals surface area contributed by atoms with Crippen molar-refractivity contribution in [3.05, 3.63) is 87.9 Å². The number of aliphatic imine (C=N–C) groups is 1. The molecule has 1 N–H and O–H groups in total. The number of likely N-dealkylation sites (N-methyl/N-ethyl adjacent to an activating group) is 1. The summed E-state index contributed by atoms with van der Waals surface area (Å²) in [4.78, 5) is 35.2. The molecule has 9 heteroatoms. The summed E-state index contributed by atoms with van der Waals surface area (Å²) in [7, 11) is 1.61. The first-order valence-corrected chi connectivity index (χ1v) is 13.1. The van der Waals surface area contributed by atoms with Gasteiger partial charge < -0.3 is 19.9 Å². The van der Waals surface area contributed by atoms with Crippen molar-refractivity contribution < 1.29 is 18.7 Å². The number of nitrogens with zero attached hydrogens (tertiary/aromatic N) is 3. The Balaban J connectivity index is 1.64. The van der Waals surface area contributed by atoms with Crippen molar-refractivity contribution in [1.82, 2.24) is 15.1 Å². The van der Waals surface area contributed by atoms with Crippen LogP contribution in [0, 0.1) is 5.82 Å². The number of methoxy groups -OCH3 is 1. The van der Waals surface area contributed by atoms with Crippen molar-refractivity contribution >= 4 is 28.7 Å². The van der Waals surface area contributed by atoms with Gasteiger partial charge in [-0.15, -0.1) is 0 Å². The average Bonchev–Trinajstić information content (AvgIpc) is 3.29. The molecule has 0 saturated heterocycles. The molecule has 0 aliphatic carbocycles. The number of ether oxygens (including phenoxy) is 1. The quantitative estimate of drug-likeness (QED) is 0.503. The van der Waals surface area contributed by atoms with Crippen LogP contribution in [0.25, 0.3) is 0 Å². The van der Waals surface area contributed by atoms with Crippen LogP contribution in [-0.2, 0) is 16.1 Å². The Hall–Kier alpha value is -3.59. The van der Waals surface area contributed by atoms with Gasteiger partial charge in [0.1, 0.15) is 11.6 Å². The van der Waals surface area contributed by atoms with Gasteiger partial charge in [0.15, 0.2) is 5.17 Å². The molecule has 2 heterocycles. The monoisotopic (exact) mass is 522 g/mol. The normalized spacial score (nSPS) is 16.7. The van der Waals surface area contributed by atoms with E-state index in [0.29, 0.717) is 36.7 Å². The number of allylic oxidation sites excluding steroid dienone is 1. The molecule has 0 spiro atoms. The predicted molar refractivity (Wildman–Crippen MR) is 144 cm³/mol. The van der Waals surface area contributed by atoms with E-state index in [1.54, 1.807) is 24.1 Å². The number of nitrogens with one attached hydrogen (secondary N) is 1. The molecular formula is C28H31FN4O3S. The topological polar surface area (TPSA) is 74.2 Å². The number of carbonyl (C=O) groups is 2. The minimum Gasteiger partial charge on any atom is -0.497 e.